The van der Waals surface area contributed by atoms with Crippen molar-refractivity contribution in [2.75, 3.05) is 0 Å². The summed E-state index contributed by atoms with van der Waals surface area (Å²) in [4.78, 5) is 27.4. The van der Waals surface area contributed by atoms with Crippen LogP contribution in [0.2, 0.25) is 0 Å². The van der Waals surface area contributed by atoms with E-state index in [9.17, 15) is 9.59 Å². The Morgan fingerprint density at radius 2 is 1.92 bits per heavy atom. The molecule has 0 bridgehead atoms. The van der Waals surface area contributed by atoms with Crippen LogP contribution in [0.15, 0.2) is 18.2 Å². The zero-order chi connectivity index (χ0) is 17.3. The average Bonchev–Trinajstić information content (AvgIpc) is 3.15. The number of rotatable bonds is 5. The maximum atomic E-state index is 12.6. The standard InChI is InChI=1S/C19H23N3O2.ClH/c1-4-16-17(12(3)23)11(2)22-18(16)19(24)21-8-13-5-6-14-9-20-10-15(14)7-13;/h5-7,20,22H,4,8-10H2,1-3H3,(H,21,24);1H. The highest BCUT2D eigenvalue weighted by molar-refractivity contribution is 6.02. The van der Waals surface area contributed by atoms with Crippen LogP contribution in [-0.2, 0) is 26.1 Å². The lowest BCUT2D eigenvalue weighted by molar-refractivity contribution is 0.0945. The number of benzene rings is 1. The van der Waals surface area contributed by atoms with Crippen LogP contribution in [0.1, 0.15) is 62.6 Å². The second-order valence-corrected chi connectivity index (χ2v) is 6.28. The van der Waals surface area contributed by atoms with Crippen molar-refractivity contribution in [1.82, 2.24) is 15.6 Å². The van der Waals surface area contributed by atoms with E-state index in [1.54, 1.807) is 0 Å². The second-order valence-electron chi connectivity index (χ2n) is 6.28. The summed E-state index contributed by atoms with van der Waals surface area (Å²) >= 11 is 0. The van der Waals surface area contributed by atoms with Gasteiger partial charge in [0.25, 0.3) is 5.91 Å². The van der Waals surface area contributed by atoms with Gasteiger partial charge in [-0.2, -0.15) is 0 Å². The van der Waals surface area contributed by atoms with Crippen LogP contribution in [0.3, 0.4) is 0 Å². The van der Waals surface area contributed by atoms with Crippen molar-refractivity contribution in [2.24, 2.45) is 0 Å². The van der Waals surface area contributed by atoms with Crippen LogP contribution in [0.25, 0.3) is 0 Å². The van der Waals surface area contributed by atoms with Crippen molar-refractivity contribution in [3.63, 3.8) is 0 Å². The number of nitrogens with one attached hydrogen (secondary N) is 3. The van der Waals surface area contributed by atoms with E-state index >= 15 is 0 Å². The fraction of sp³-hybridized carbons (Fsp3) is 0.368. The number of aromatic amines is 1. The number of aromatic nitrogens is 1. The van der Waals surface area contributed by atoms with Crippen LogP contribution in [0.5, 0.6) is 0 Å². The Morgan fingerprint density at radius 1 is 1.20 bits per heavy atom. The van der Waals surface area contributed by atoms with E-state index in [-0.39, 0.29) is 24.1 Å². The molecule has 134 valence electrons. The number of ketones is 1. The fourth-order valence-electron chi connectivity index (χ4n) is 3.43. The summed E-state index contributed by atoms with van der Waals surface area (Å²) in [6.07, 6.45) is 0.645. The molecule has 1 amide bonds. The van der Waals surface area contributed by atoms with Gasteiger partial charge in [0.15, 0.2) is 5.78 Å². The molecule has 0 fully saturated rings. The molecule has 3 N–H and O–H groups in total. The molecule has 0 atom stereocenters. The monoisotopic (exact) mass is 361 g/mol. The summed E-state index contributed by atoms with van der Waals surface area (Å²) < 4.78 is 0. The minimum atomic E-state index is -0.166. The van der Waals surface area contributed by atoms with Crippen molar-refractivity contribution in [3.05, 3.63) is 57.4 Å². The summed E-state index contributed by atoms with van der Waals surface area (Å²) in [5.74, 6) is -0.174. The maximum Gasteiger partial charge on any atom is 0.268 e. The third-order valence-electron chi connectivity index (χ3n) is 4.58. The van der Waals surface area contributed by atoms with Gasteiger partial charge in [0.2, 0.25) is 0 Å². The Bertz CT molecular complexity index is 811. The predicted molar refractivity (Wildman–Crippen MR) is 100 cm³/mol. The van der Waals surface area contributed by atoms with E-state index in [2.05, 4.69) is 27.8 Å². The first-order valence-electron chi connectivity index (χ1n) is 8.33. The van der Waals surface area contributed by atoms with Crippen molar-refractivity contribution in [1.29, 1.82) is 0 Å². The molecule has 1 aliphatic rings. The molecule has 0 unspecified atom stereocenters. The Hall–Kier alpha value is -2.11. The van der Waals surface area contributed by atoms with E-state index in [1.165, 1.54) is 18.1 Å². The predicted octanol–water partition coefficient (Wildman–Crippen LogP) is 3.04. The number of hydrogen-bond donors (Lipinski definition) is 3. The maximum absolute atomic E-state index is 12.6. The van der Waals surface area contributed by atoms with Gasteiger partial charge in [-0.05, 0) is 42.5 Å². The molecule has 1 aromatic carbocycles. The third-order valence-corrected chi connectivity index (χ3v) is 4.58. The van der Waals surface area contributed by atoms with Gasteiger partial charge in [0.05, 0.1) is 0 Å². The molecular formula is C19H24ClN3O2. The molecule has 2 aromatic rings. The SMILES string of the molecule is CCc1c(C(=O)NCc2ccc3c(c2)CNC3)[nH]c(C)c1C(C)=O.Cl. The first-order chi connectivity index (χ1) is 11.5. The van der Waals surface area contributed by atoms with Crippen molar-refractivity contribution in [2.45, 2.75) is 46.8 Å². The number of halogens is 1. The first-order valence-corrected chi connectivity index (χ1v) is 8.33. The van der Waals surface area contributed by atoms with Crippen LogP contribution in [-0.4, -0.2) is 16.7 Å². The van der Waals surface area contributed by atoms with E-state index in [4.69, 9.17) is 0 Å². The van der Waals surface area contributed by atoms with Gasteiger partial charge in [-0.15, -0.1) is 12.4 Å². The fourth-order valence-corrected chi connectivity index (χ4v) is 3.43. The third kappa shape index (κ3) is 3.78. The molecule has 25 heavy (non-hydrogen) atoms. The van der Waals surface area contributed by atoms with Gasteiger partial charge in [-0.3, -0.25) is 9.59 Å². The van der Waals surface area contributed by atoms with Crippen LogP contribution in [0.4, 0.5) is 0 Å². The van der Waals surface area contributed by atoms with E-state index in [0.717, 1.165) is 29.9 Å². The molecule has 0 radical (unpaired) electrons. The van der Waals surface area contributed by atoms with Gasteiger partial charge < -0.3 is 15.6 Å². The summed E-state index contributed by atoms with van der Waals surface area (Å²) in [6.45, 7) is 7.60. The number of carbonyl (C=O) groups is 2. The molecule has 0 aliphatic carbocycles. The normalized spacial score (nSPS) is 12.4. The molecule has 5 nitrogen and oxygen atoms in total. The van der Waals surface area contributed by atoms with Gasteiger partial charge in [-0.25, -0.2) is 0 Å². The average molecular weight is 362 g/mol. The summed E-state index contributed by atoms with van der Waals surface area (Å²) in [6, 6.07) is 6.30. The molecule has 2 heterocycles. The van der Waals surface area contributed by atoms with Crippen molar-refractivity contribution >= 4 is 24.1 Å². The molecule has 0 saturated heterocycles. The van der Waals surface area contributed by atoms with Gasteiger partial charge in [0, 0.05) is 30.9 Å². The van der Waals surface area contributed by atoms with Crippen molar-refractivity contribution in [3.8, 4) is 0 Å². The first kappa shape index (κ1) is 19.2. The number of aryl methyl sites for hydroxylation is 1. The van der Waals surface area contributed by atoms with E-state index in [0.29, 0.717) is 24.2 Å². The number of H-pyrrole nitrogens is 1. The minimum Gasteiger partial charge on any atom is -0.354 e. The van der Waals surface area contributed by atoms with Crippen LogP contribution < -0.4 is 10.6 Å². The second kappa shape index (κ2) is 7.85. The molecule has 6 heteroatoms. The molecule has 3 rings (SSSR count). The molecule has 0 saturated carbocycles. The van der Waals surface area contributed by atoms with Crippen LogP contribution >= 0.6 is 12.4 Å². The topological polar surface area (TPSA) is 74.0 Å². The van der Waals surface area contributed by atoms with E-state index in [1.807, 2.05) is 19.9 Å². The highest BCUT2D eigenvalue weighted by atomic mass is 35.5. The lowest BCUT2D eigenvalue weighted by Gasteiger charge is -2.08. The molecule has 0 spiro atoms. The molecular weight excluding hydrogens is 338 g/mol. The molecule has 1 aromatic heterocycles. The number of Topliss-reactive ketones (excluding diaryl/α,β-unsaturated/α-hetero) is 1. The Morgan fingerprint density at radius 3 is 2.60 bits per heavy atom. The lowest BCUT2D eigenvalue weighted by atomic mass is 10.0. The van der Waals surface area contributed by atoms with Gasteiger partial charge in [0.1, 0.15) is 5.69 Å². The number of fused-ring (bicyclic) bond motifs is 1. The van der Waals surface area contributed by atoms with Crippen LogP contribution in [0, 0.1) is 6.92 Å². The Balaban J connectivity index is 0.00000225. The summed E-state index contributed by atoms with van der Waals surface area (Å²) in [5, 5.41) is 6.27. The smallest absolute Gasteiger partial charge is 0.268 e. The number of carbonyl (C=O) groups excluding carboxylic acids is 2. The molecule has 1 aliphatic heterocycles. The summed E-state index contributed by atoms with van der Waals surface area (Å²) in [7, 11) is 0. The van der Waals surface area contributed by atoms with Gasteiger partial charge >= 0.3 is 0 Å². The number of hydrogen-bond acceptors (Lipinski definition) is 3. The highest BCUT2D eigenvalue weighted by Crippen LogP contribution is 2.21. The zero-order valence-corrected chi connectivity index (χ0v) is 15.6. The number of amides is 1. The quantitative estimate of drug-likeness (QED) is 0.716. The van der Waals surface area contributed by atoms with Gasteiger partial charge in [-0.1, -0.05) is 25.1 Å². The Kier molecular flexibility index (Phi) is 6.03. The Labute approximate surface area is 154 Å². The summed E-state index contributed by atoms with van der Waals surface area (Å²) in [5.41, 5.74) is 6.41. The lowest BCUT2D eigenvalue weighted by Crippen LogP contribution is -2.24. The highest BCUT2D eigenvalue weighted by Gasteiger charge is 2.21. The van der Waals surface area contributed by atoms with E-state index < -0.39 is 0 Å². The minimum absolute atomic E-state index is 0. The largest absolute Gasteiger partial charge is 0.354 e. The zero-order valence-electron chi connectivity index (χ0n) is 14.8. The van der Waals surface area contributed by atoms with Crippen molar-refractivity contribution < 1.29 is 9.59 Å².